The second kappa shape index (κ2) is 8.72. The van der Waals surface area contributed by atoms with E-state index >= 15 is 0 Å². The minimum atomic E-state index is -0.860. The summed E-state index contributed by atoms with van der Waals surface area (Å²) in [5.41, 5.74) is 1.32. The van der Waals surface area contributed by atoms with E-state index in [4.69, 9.17) is 28.4 Å². The summed E-state index contributed by atoms with van der Waals surface area (Å²) in [6.45, 7) is 0. The average Bonchev–Trinajstić information content (AvgIpc) is 3.23. The van der Waals surface area contributed by atoms with E-state index < -0.39 is 18.1 Å². The minimum absolute atomic E-state index is 0.271. The van der Waals surface area contributed by atoms with E-state index in [1.807, 2.05) is 18.2 Å². The third kappa shape index (κ3) is 3.91. The molecule has 0 bridgehead atoms. The van der Waals surface area contributed by atoms with Gasteiger partial charge in [0.1, 0.15) is 5.75 Å². The molecule has 0 radical (unpaired) electrons. The van der Waals surface area contributed by atoms with Gasteiger partial charge in [0.2, 0.25) is 11.6 Å². The molecule has 0 unspecified atom stereocenters. The number of carbonyl (C=O) groups excluding carboxylic acids is 1. The number of benzene rings is 2. The molecule has 2 aromatic rings. The Labute approximate surface area is 169 Å². The Morgan fingerprint density at radius 3 is 2.17 bits per heavy atom. The number of esters is 1. The highest BCUT2D eigenvalue weighted by Gasteiger charge is 2.39. The summed E-state index contributed by atoms with van der Waals surface area (Å²) in [6.07, 6.45) is -0.661. The van der Waals surface area contributed by atoms with E-state index in [9.17, 15) is 4.79 Å². The summed E-state index contributed by atoms with van der Waals surface area (Å²) in [6, 6.07) is 9.84. The van der Waals surface area contributed by atoms with Crippen LogP contribution in [0.2, 0.25) is 0 Å². The fourth-order valence-electron chi connectivity index (χ4n) is 3.12. The molecule has 2 atom stereocenters. The maximum atomic E-state index is 12.4. The Balaban J connectivity index is 2.03. The lowest BCUT2D eigenvalue weighted by Gasteiger charge is -2.18. The Kier molecular flexibility index (Phi) is 6.11. The molecular weight excluding hydrogens is 378 g/mol. The van der Waals surface area contributed by atoms with Crippen molar-refractivity contribution in [1.29, 1.82) is 0 Å². The Hall–Kier alpha value is -3.42. The topological polar surface area (TPSA) is 84.8 Å². The predicted molar refractivity (Wildman–Crippen MR) is 105 cm³/mol. The molecule has 0 spiro atoms. The fourth-order valence-corrected chi connectivity index (χ4v) is 3.12. The standard InChI is InChI=1S/C21H23NO7/c1-24-14-8-6-7-12(9-14)18-17(21(23)28-5)22-20(29-18)13-10-15(25-2)19(27-4)16(11-13)26-3/h6-11,17-18H,1-5H3/t17-,18-/m0/s1. The SMILES string of the molecule is COC(=O)[C@H]1N=C(c2cc(OC)c(OC)c(OC)c2)O[C@H]1c1cccc(OC)c1. The molecule has 1 aliphatic rings. The van der Waals surface area contributed by atoms with Gasteiger partial charge >= 0.3 is 5.97 Å². The zero-order valence-corrected chi connectivity index (χ0v) is 16.9. The van der Waals surface area contributed by atoms with Gasteiger partial charge in [-0.3, -0.25) is 0 Å². The third-order valence-electron chi connectivity index (χ3n) is 4.56. The van der Waals surface area contributed by atoms with Crippen molar-refractivity contribution in [2.45, 2.75) is 12.1 Å². The average molecular weight is 401 g/mol. The van der Waals surface area contributed by atoms with Crippen molar-refractivity contribution in [3.63, 3.8) is 0 Å². The number of carbonyl (C=O) groups is 1. The third-order valence-corrected chi connectivity index (χ3v) is 4.56. The van der Waals surface area contributed by atoms with Gasteiger partial charge < -0.3 is 28.4 Å². The molecule has 0 N–H and O–H groups in total. The first kappa shape index (κ1) is 20.3. The lowest BCUT2D eigenvalue weighted by Crippen LogP contribution is -2.25. The number of ether oxygens (including phenoxy) is 6. The largest absolute Gasteiger partial charge is 0.497 e. The van der Waals surface area contributed by atoms with E-state index in [-0.39, 0.29) is 5.90 Å². The predicted octanol–water partition coefficient (Wildman–Crippen LogP) is 2.78. The van der Waals surface area contributed by atoms with E-state index in [0.29, 0.717) is 28.6 Å². The van der Waals surface area contributed by atoms with Crippen LogP contribution in [0, 0.1) is 0 Å². The van der Waals surface area contributed by atoms with Crippen LogP contribution < -0.4 is 18.9 Å². The van der Waals surface area contributed by atoms with Gasteiger partial charge in [-0.2, -0.15) is 0 Å². The summed E-state index contributed by atoms with van der Waals surface area (Å²) < 4.78 is 32.4. The lowest BCUT2D eigenvalue weighted by atomic mass is 10.0. The number of hydrogen-bond acceptors (Lipinski definition) is 8. The molecule has 154 valence electrons. The normalized spacial score (nSPS) is 17.8. The van der Waals surface area contributed by atoms with Crippen molar-refractivity contribution in [3.8, 4) is 23.0 Å². The zero-order valence-electron chi connectivity index (χ0n) is 16.9. The summed E-state index contributed by atoms with van der Waals surface area (Å²) in [4.78, 5) is 16.8. The molecule has 0 saturated carbocycles. The lowest BCUT2D eigenvalue weighted by molar-refractivity contribution is -0.143. The molecule has 8 heteroatoms. The number of hydrogen-bond donors (Lipinski definition) is 0. The van der Waals surface area contributed by atoms with E-state index in [1.165, 1.54) is 28.4 Å². The number of rotatable bonds is 7. The van der Waals surface area contributed by atoms with Crippen LogP contribution in [0.1, 0.15) is 17.2 Å². The Bertz CT molecular complexity index is 900. The Morgan fingerprint density at radius 2 is 1.62 bits per heavy atom. The minimum Gasteiger partial charge on any atom is -0.497 e. The summed E-state index contributed by atoms with van der Waals surface area (Å²) >= 11 is 0. The van der Waals surface area contributed by atoms with E-state index in [2.05, 4.69) is 4.99 Å². The van der Waals surface area contributed by atoms with Gasteiger partial charge in [0.15, 0.2) is 23.6 Å². The van der Waals surface area contributed by atoms with Crippen LogP contribution in [-0.2, 0) is 14.3 Å². The molecule has 1 aliphatic heterocycles. The van der Waals surface area contributed by atoms with Crippen molar-refractivity contribution >= 4 is 11.9 Å². The van der Waals surface area contributed by atoms with Crippen LogP contribution in [0.15, 0.2) is 41.4 Å². The van der Waals surface area contributed by atoms with Crippen molar-refractivity contribution in [2.24, 2.45) is 4.99 Å². The van der Waals surface area contributed by atoms with Crippen LogP contribution in [0.4, 0.5) is 0 Å². The van der Waals surface area contributed by atoms with Crippen LogP contribution in [0.5, 0.6) is 23.0 Å². The highest BCUT2D eigenvalue weighted by atomic mass is 16.5. The zero-order chi connectivity index (χ0) is 21.0. The van der Waals surface area contributed by atoms with Crippen LogP contribution in [-0.4, -0.2) is 53.5 Å². The number of nitrogens with zero attached hydrogens (tertiary/aromatic N) is 1. The van der Waals surface area contributed by atoms with E-state index in [0.717, 1.165) is 5.56 Å². The van der Waals surface area contributed by atoms with Crippen molar-refractivity contribution in [3.05, 3.63) is 47.5 Å². The van der Waals surface area contributed by atoms with Gasteiger partial charge in [-0.25, -0.2) is 9.79 Å². The fraction of sp³-hybridized carbons (Fsp3) is 0.333. The van der Waals surface area contributed by atoms with Crippen LogP contribution in [0.3, 0.4) is 0 Å². The molecule has 1 heterocycles. The molecule has 0 fully saturated rings. The van der Waals surface area contributed by atoms with E-state index in [1.54, 1.807) is 25.3 Å². The smallest absolute Gasteiger partial charge is 0.335 e. The van der Waals surface area contributed by atoms with Gasteiger partial charge in [0.05, 0.1) is 35.5 Å². The second-order valence-corrected chi connectivity index (χ2v) is 6.13. The molecule has 0 amide bonds. The van der Waals surface area contributed by atoms with Gasteiger partial charge in [-0.05, 0) is 29.8 Å². The van der Waals surface area contributed by atoms with Crippen molar-refractivity contribution in [1.82, 2.24) is 0 Å². The molecule has 29 heavy (non-hydrogen) atoms. The van der Waals surface area contributed by atoms with Crippen LogP contribution in [0.25, 0.3) is 0 Å². The molecule has 0 aromatic heterocycles. The van der Waals surface area contributed by atoms with Crippen molar-refractivity contribution in [2.75, 3.05) is 35.5 Å². The summed E-state index contributed by atoms with van der Waals surface area (Å²) in [7, 11) is 7.46. The number of aliphatic imine (C=N–C) groups is 1. The van der Waals surface area contributed by atoms with Gasteiger partial charge in [-0.1, -0.05) is 12.1 Å². The summed E-state index contributed by atoms with van der Waals surface area (Å²) in [5, 5.41) is 0. The molecule has 3 rings (SSSR count). The molecule has 8 nitrogen and oxygen atoms in total. The first-order valence-corrected chi connectivity index (χ1v) is 8.82. The Morgan fingerprint density at radius 1 is 0.931 bits per heavy atom. The highest BCUT2D eigenvalue weighted by Crippen LogP contribution is 2.40. The van der Waals surface area contributed by atoms with Gasteiger partial charge in [-0.15, -0.1) is 0 Å². The number of methoxy groups -OCH3 is 5. The maximum absolute atomic E-state index is 12.4. The first-order chi connectivity index (χ1) is 14.1. The first-order valence-electron chi connectivity index (χ1n) is 8.82. The monoisotopic (exact) mass is 401 g/mol. The van der Waals surface area contributed by atoms with Gasteiger partial charge in [0, 0.05) is 5.56 Å². The molecule has 0 aliphatic carbocycles. The quantitative estimate of drug-likeness (QED) is 0.660. The molecule has 2 aromatic carbocycles. The van der Waals surface area contributed by atoms with Gasteiger partial charge in [0.25, 0.3) is 0 Å². The highest BCUT2D eigenvalue weighted by molar-refractivity contribution is 5.99. The molecule has 0 saturated heterocycles. The van der Waals surface area contributed by atoms with Crippen molar-refractivity contribution < 1.29 is 33.2 Å². The molecular formula is C21H23NO7. The summed E-state index contributed by atoms with van der Waals surface area (Å²) in [5.74, 6) is 1.77. The van der Waals surface area contributed by atoms with Crippen LogP contribution >= 0.6 is 0 Å². The maximum Gasteiger partial charge on any atom is 0.335 e. The second-order valence-electron chi connectivity index (χ2n) is 6.13.